The highest BCUT2D eigenvalue weighted by atomic mass is 35.5. The molecule has 0 atom stereocenters. The van der Waals surface area contributed by atoms with Crippen LogP contribution in [0, 0.1) is 12.7 Å². The number of nitrogens with one attached hydrogen (secondary N) is 1. The minimum atomic E-state index is -4.00. The first-order chi connectivity index (χ1) is 15.6. The van der Waals surface area contributed by atoms with Crippen molar-refractivity contribution in [2.45, 2.75) is 11.8 Å². The lowest BCUT2D eigenvalue weighted by Crippen LogP contribution is -2.27. The Bertz CT molecular complexity index is 1300. The number of halogens is 2. The van der Waals surface area contributed by atoms with Crippen molar-refractivity contribution in [1.29, 1.82) is 0 Å². The normalized spacial score (nSPS) is 11.0. The number of carbonyl (C=O) groups excluding carboxylic acids is 2. The SMILES string of the molecule is Cc1ccc(NC(=O)COC(=O)c2cc(S(=O)(=O)N(C)c3ccccc3)ccc2Cl)c(F)c1. The second-order valence-corrected chi connectivity index (χ2v) is 9.43. The smallest absolute Gasteiger partial charge is 0.340 e. The van der Waals surface area contributed by atoms with E-state index in [-0.39, 0.29) is 21.2 Å². The van der Waals surface area contributed by atoms with Crippen LogP contribution in [-0.4, -0.2) is 33.9 Å². The Hall–Kier alpha value is -3.43. The molecule has 0 spiro atoms. The van der Waals surface area contributed by atoms with Gasteiger partial charge in [0.1, 0.15) is 5.82 Å². The van der Waals surface area contributed by atoms with Crippen molar-refractivity contribution in [2.75, 3.05) is 23.3 Å². The first-order valence-corrected chi connectivity index (χ1v) is 11.5. The molecule has 0 heterocycles. The molecule has 0 fully saturated rings. The number of hydrogen-bond acceptors (Lipinski definition) is 5. The fourth-order valence-corrected chi connectivity index (χ4v) is 4.29. The van der Waals surface area contributed by atoms with Crippen LogP contribution in [0.1, 0.15) is 15.9 Å². The fourth-order valence-electron chi connectivity index (χ4n) is 2.87. The lowest BCUT2D eigenvalue weighted by Gasteiger charge is -2.20. The topological polar surface area (TPSA) is 92.8 Å². The highest BCUT2D eigenvalue weighted by Crippen LogP contribution is 2.26. The number of carbonyl (C=O) groups is 2. The number of nitrogens with zero attached hydrogens (tertiary/aromatic N) is 1. The molecular formula is C23H20ClFN2O5S. The van der Waals surface area contributed by atoms with E-state index < -0.39 is 34.3 Å². The summed E-state index contributed by atoms with van der Waals surface area (Å²) in [5.74, 6) is -2.40. The molecule has 0 aliphatic carbocycles. The Morgan fingerprint density at radius 1 is 1.06 bits per heavy atom. The van der Waals surface area contributed by atoms with Gasteiger partial charge in [0.2, 0.25) is 0 Å². The number of amides is 1. The number of benzene rings is 3. The van der Waals surface area contributed by atoms with E-state index in [2.05, 4.69) is 5.32 Å². The van der Waals surface area contributed by atoms with Crippen LogP contribution in [-0.2, 0) is 19.6 Å². The summed E-state index contributed by atoms with van der Waals surface area (Å²) in [6.45, 7) is 0.982. The standard InChI is InChI=1S/C23H20ClFN2O5S/c1-15-8-11-21(20(25)12-15)26-22(28)14-32-23(29)18-13-17(9-10-19(18)24)33(30,31)27(2)16-6-4-3-5-7-16/h3-13H,14H2,1-2H3,(H,26,28). The number of sulfonamides is 1. The maximum Gasteiger partial charge on any atom is 0.340 e. The van der Waals surface area contributed by atoms with Crippen LogP contribution in [0.15, 0.2) is 71.6 Å². The summed E-state index contributed by atoms with van der Waals surface area (Å²) >= 11 is 6.06. The number of anilines is 2. The molecule has 0 unspecified atom stereocenters. The molecule has 3 rings (SSSR count). The summed E-state index contributed by atoms with van der Waals surface area (Å²) in [6, 6.07) is 16.2. The number of para-hydroxylation sites is 1. The lowest BCUT2D eigenvalue weighted by atomic mass is 10.2. The van der Waals surface area contributed by atoms with E-state index in [9.17, 15) is 22.4 Å². The summed E-state index contributed by atoms with van der Waals surface area (Å²) in [4.78, 5) is 24.4. The van der Waals surface area contributed by atoms with Gasteiger partial charge in [0, 0.05) is 7.05 Å². The van der Waals surface area contributed by atoms with E-state index in [1.165, 1.54) is 31.3 Å². The average Bonchev–Trinajstić information content (AvgIpc) is 2.79. The number of ether oxygens (including phenoxy) is 1. The Balaban J connectivity index is 1.73. The Kier molecular flexibility index (Phi) is 7.35. The van der Waals surface area contributed by atoms with Crippen molar-refractivity contribution in [3.05, 3.63) is 88.7 Å². The summed E-state index contributed by atoms with van der Waals surface area (Å²) in [6.07, 6.45) is 0. The first kappa shape index (κ1) is 24.2. The third-order valence-electron chi connectivity index (χ3n) is 4.67. The lowest BCUT2D eigenvalue weighted by molar-refractivity contribution is -0.119. The zero-order valence-electron chi connectivity index (χ0n) is 17.7. The zero-order chi connectivity index (χ0) is 24.2. The monoisotopic (exact) mass is 490 g/mol. The molecule has 0 saturated carbocycles. The van der Waals surface area contributed by atoms with Gasteiger partial charge in [0.15, 0.2) is 6.61 Å². The van der Waals surface area contributed by atoms with E-state index >= 15 is 0 Å². The van der Waals surface area contributed by atoms with Gasteiger partial charge in [-0.3, -0.25) is 9.10 Å². The second kappa shape index (κ2) is 10.0. The molecule has 1 N–H and O–H groups in total. The van der Waals surface area contributed by atoms with Crippen molar-refractivity contribution in [3.63, 3.8) is 0 Å². The van der Waals surface area contributed by atoms with Gasteiger partial charge in [-0.25, -0.2) is 17.6 Å². The third kappa shape index (κ3) is 5.68. The van der Waals surface area contributed by atoms with Gasteiger partial charge in [-0.15, -0.1) is 0 Å². The van der Waals surface area contributed by atoms with E-state index in [4.69, 9.17) is 16.3 Å². The van der Waals surface area contributed by atoms with Crippen LogP contribution in [0.4, 0.5) is 15.8 Å². The number of hydrogen-bond donors (Lipinski definition) is 1. The van der Waals surface area contributed by atoms with Crippen LogP contribution in [0.25, 0.3) is 0 Å². The van der Waals surface area contributed by atoms with Crippen molar-refractivity contribution in [1.82, 2.24) is 0 Å². The summed E-state index contributed by atoms with van der Waals surface area (Å²) in [5.41, 5.74) is 0.820. The minimum absolute atomic E-state index is 0.0497. The van der Waals surface area contributed by atoms with E-state index in [0.717, 1.165) is 10.4 Å². The molecule has 10 heteroatoms. The summed E-state index contributed by atoms with van der Waals surface area (Å²) in [5, 5.41) is 2.25. The number of rotatable bonds is 7. The fraction of sp³-hybridized carbons (Fsp3) is 0.130. The van der Waals surface area contributed by atoms with Gasteiger partial charge in [0.25, 0.3) is 15.9 Å². The third-order valence-corrected chi connectivity index (χ3v) is 6.78. The number of aryl methyl sites for hydroxylation is 1. The van der Waals surface area contributed by atoms with Crippen molar-refractivity contribution in [2.24, 2.45) is 0 Å². The quantitative estimate of drug-likeness (QED) is 0.495. The predicted octanol–water partition coefficient (Wildman–Crippen LogP) is 4.41. The molecule has 3 aromatic rings. The largest absolute Gasteiger partial charge is 0.452 e. The predicted molar refractivity (Wildman–Crippen MR) is 124 cm³/mol. The average molecular weight is 491 g/mol. The summed E-state index contributed by atoms with van der Waals surface area (Å²) < 4.78 is 45.8. The molecule has 3 aromatic carbocycles. The van der Waals surface area contributed by atoms with Gasteiger partial charge >= 0.3 is 5.97 Å². The first-order valence-electron chi connectivity index (χ1n) is 9.66. The minimum Gasteiger partial charge on any atom is -0.452 e. The number of esters is 1. The molecule has 0 aliphatic heterocycles. The molecule has 7 nitrogen and oxygen atoms in total. The van der Waals surface area contributed by atoms with Crippen LogP contribution < -0.4 is 9.62 Å². The maximum atomic E-state index is 13.9. The van der Waals surface area contributed by atoms with Crippen molar-refractivity contribution in [3.8, 4) is 0 Å². The Morgan fingerprint density at radius 3 is 2.42 bits per heavy atom. The molecule has 33 heavy (non-hydrogen) atoms. The summed E-state index contributed by atoms with van der Waals surface area (Å²) in [7, 11) is -2.62. The van der Waals surface area contributed by atoms with Gasteiger partial charge in [-0.05, 0) is 55.0 Å². The van der Waals surface area contributed by atoms with Crippen LogP contribution in [0.5, 0.6) is 0 Å². The maximum absolute atomic E-state index is 13.9. The van der Waals surface area contributed by atoms with Gasteiger partial charge in [-0.2, -0.15) is 0 Å². The second-order valence-electron chi connectivity index (χ2n) is 7.06. The van der Waals surface area contributed by atoms with E-state index in [1.54, 1.807) is 43.3 Å². The van der Waals surface area contributed by atoms with Gasteiger partial charge < -0.3 is 10.1 Å². The van der Waals surface area contributed by atoms with Crippen molar-refractivity contribution >= 4 is 44.9 Å². The molecule has 0 radical (unpaired) electrons. The van der Waals surface area contributed by atoms with Crippen LogP contribution in [0.3, 0.4) is 0 Å². The Labute approximate surface area is 195 Å². The Morgan fingerprint density at radius 2 is 1.76 bits per heavy atom. The zero-order valence-corrected chi connectivity index (χ0v) is 19.3. The highest BCUT2D eigenvalue weighted by Gasteiger charge is 2.24. The van der Waals surface area contributed by atoms with E-state index in [1.807, 2.05) is 0 Å². The molecule has 0 saturated heterocycles. The highest BCUT2D eigenvalue weighted by molar-refractivity contribution is 7.92. The molecule has 1 amide bonds. The molecular weight excluding hydrogens is 471 g/mol. The van der Waals surface area contributed by atoms with E-state index in [0.29, 0.717) is 11.3 Å². The molecule has 0 aromatic heterocycles. The molecule has 172 valence electrons. The molecule has 0 aliphatic rings. The van der Waals surface area contributed by atoms with Gasteiger partial charge in [0.05, 0.1) is 26.9 Å². The van der Waals surface area contributed by atoms with Crippen molar-refractivity contribution < 1.29 is 27.1 Å². The molecule has 0 bridgehead atoms. The van der Waals surface area contributed by atoms with Crippen LogP contribution >= 0.6 is 11.6 Å². The van der Waals surface area contributed by atoms with Crippen LogP contribution in [0.2, 0.25) is 5.02 Å². The van der Waals surface area contributed by atoms with Gasteiger partial charge in [-0.1, -0.05) is 35.9 Å².